The molecule has 0 fully saturated rings. The van der Waals surface area contributed by atoms with Crippen LogP contribution >= 0.6 is 0 Å². The van der Waals surface area contributed by atoms with Gasteiger partial charge in [0.25, 0.3) is 0 Å². The van der Waals surface area contributed by atoms with E-state index in [1.807, 2.05) is 13.0 Å². The Balaban J connectivity index is 1.81. The van der Waals surface area contributed by atoms with Gasteiger partial charge in [0, 0.05) is 12.3 Å². The first-order chi connectivity index (χ1) is 11.0. The standard InChI is InChI=1S/C16H16N2O4S/c1-3-23(19,20)12-5-6-14-13(8-12)18-16(22-14)10-21-15-7-4-11(2)9-17-15/h4-9H,3,10H2,1-2H3. The Morgan fingerprint density at radius 1 is 1.22 bits per heavy atom. The number of hydrogen-bond donors (Lipinski definition) is 0. The number of nitrogens with zero attached hydrogens (tertiary/aromatic N) is 2. The van der Waals surface area contributed by atoms with Crippen LogP contribution in [0.25, 0.3) is 11.1 Å². The lowest BCUT2D eigenvalue weighted by Gasteiger charge is -2.01. The van der Waals surface area contributed by atoms with Crippen molar-refractivity contribution < 1.29 is 17.6 Å². The molecule has 0 aliphatic rings. The predicted octanol–water partition coefficient (Wildman–Crippen LogP) is 2.90. The Kier molecular flexibility index (Phi) is 4.04. The molecule has 0 bridgehead atoms. The van der Waals surface area contributed by atoms with E-state index < -0.39 is 9.84 Å². The summed E-state index contributed by atoms with van der Waals surface area (Å²) in [4.78, 5) is 8.65. The summed E-state index contributed by atoms with van der Waals surface area (Å²) < 4.78 is 34.9. The number of benzene rings is 1. The number of aromatic nitrogens is 2. The number of pyridine rings is 1. The molecule has 0 amide bonds. The van der Waals surface area contributed by atoms with Gasteiger partial charge in [-0.2, -0.15) is 0 Å². The molecule has 3 aromatic rings. The average molecular weight is 332 g/mol. The van der Waals surface area contributed by atoms with E-state index in [2.05, 4.69) is 9.97 Å². The molecule has 0 saturated heterocycles. The number of sulfone groups is 1. The van der Waals surface area contributed by atoms with Crippen LogP contribution in [0.4, 0.5) is 0 Å². The highest BCUT2D eigenvalue weighted by Gasteiger charge is 2.14. The van der Waals surface area contributed by atoms with Crippen molar-refractivity contribution in [2.45, 2.75) is 25.3 Å². The van der Waals surface area contributed by atoms with E-state index in [0.717, 1.165) is 5.56 Å². The molecule has 2 aromatic heterocycles. The molecular formula is C16H16N2O4S. The summed E-state index contributed by atoms with van der Waals surface area (Å²) in [7, 11) is -3.26. The van der Waals surface area contributed by atoms with Crippen molar-refractivity contribution >= 4 is 20.9 Å². The summed E-state index contributed by atoms with van der Waals surface area (Å²) in [6.07, 6.45) is 1.71. The Hall–Kier alpha value is -2.41. The molecule has 2 heterocycles. The van der Waals surface area contributed by atoms with Crippen LogP contribution in [0.1, 0.15) is 18.4 Å². The van der Waals surface area contributed by atoms with Crippen molar-refractivity contribution in [3.8, 4) is 5.88 Å². The molecule has 0 N–H and O–H groups in total. The third-order valence-corrected chi connectivity index (χ3v) is 5.10. The van der Waals surface area contributed by atoms with Crippen LogP contribution in [0.15, 0.2) is 45.8 Å². The lowest BCUT2D eigenvalue weighted by atomic mass is 10.3. The number of ether oxygens (including phenoxy) is 1. The largest absolute Gasteiger partial charge is 0.468 e. The van der Waals surface area contributed by atoms with Gasteiger partial charge in [-0.15, -0.1) is 0 Å². The van der Waals surface area contributed by atoms with Crippen molar-refractivity contribution in [1.29, 1.82) is 0 Å². The third-order valence-electron chi connectivity index (χ3n) is 3.37. The first kappa shape index (κ1) is 15.5. The molecule has 6 nitrogen and oxygen atoms in total. The molecule has 0 aliphatic carbocycles. The van der Waals surface area contributed by atoms with Crippen molar-refractivity contribution in [2.24, 2.45) is 0 Å². The topological polar surface area (TPSA) is 82.3 Å². The molecule has 7 heteroatoms. The van der Waals surface area contributed by atoms with E-state index in [1.165, 1.54) is 12.1 Å². The summed E-state index contributed by atoms with van der Waals surface area (Å²) >= 11 is 0. The zero-order valence-corrected chi connectivity index (χ0v) is 13.6. The Morgan fingerprint density at radius 3 is 2.74 bits per heavy atom. The summed E-state index contributed by atoms with van der Waals surface area (Å²) in [6, 6.07) is 8.32. The van der Waals surface area contributed by atoms with Crippen LogP contribution in [0.2, 0.25) is 0 Å². The fourth-order valence-corrected chi connectivity index (χ4v) is 2.95. The van der Waals surface area contributed by atoms with Gasteiger partial charge in [-0.3, -0.25) is 0 Å². The molecule has 120 valence electrons. The van der Waals surface area contributed by atoms with Gasteiger partial charge in [0.05, 0.1) is 10.6 Å². The molecule has 1 aromatic carbocycles. The number of hydrogen-bond acceptors (Lipinski definition) is 6. The Labute approximate surface area is 134 Å². The number of aryl methyl sites for hydroxylation is 1. The van der Waals surface area contributed by atoms with Gasteiger partial charge in [0.15, 0.2) is 22.0 Å². The maximum atomic E-state index is 11.9. The second-order valence-electron chi connectivity index (χ2n) is 5.10. The Morgan fingerprint density at radius 2 is 2.04 bits per heavy atom. The predicted molar refractivity (Wildman–Crippen MR) is 85.0 cm³/mol. The molecule has 0 aliphatic heterocycles. The highest BCUT2D eigenvalue weighted by molar-refractivity contribution is 7.91. The number of oxazole rings is 1. The van der Waals surface area contributed by atoms with Crippen LogP contribution in [0.5, 0.6) is 5.88 Å². The van der Waals surface area contributed by atoms with Crippen molar-refractivity contribution in [3.63, 3.8) is 0 Å². The summed E-state index contributed by atoms with van der Waals surface area (Å²) in [5, 5.41) is 0. The molecule has 0 spiro atoms. The maximum absolute atomic E-state index is 11.9. The molecule has 0 radical (unpaired) electrons. The minimum absolute atomic E-state index is 0.0470. The van der Waals surface area contributed by atoms with Gasteiger partial charge in [0.1, 0.15) is 5.52 Å². The van der Waals surface area contributed by atoms with Crippen molar-refractivity contribution in [2.75, 3.05) is 5.75 Å². The van der Waals surface area contributed by atoms with Crippen LogP contribution in [-0.4, -0.2) is 24.1 Å². The smallest absolute Gasteiger partial charge is 0.233 e. The lowest BCUT2D eigenvalue weighted by molar-refractivity contribution is 0.257. The van der Waals surface area contributed by atoms with Gasteiger partial charge < -0.3 is 9.15 Å². The van der Waals surface area contributed by atoms with Crippen LogP contribution in [0, 0.1) is 6.92 Å². The summed E-state index contributed by atoms with van der Waals surface area (Å²) in [5.41, 5.74) is 2.06. The fraction of sp³-hybridized carbons (Fsp3) is 0.250. The molecule has 23 heavy (non-hydrogen) atoms. The Bertz CT molecular complexity index is 930. The monoisotopic (exact) mass is 332 g/mol. The highest BCUT2D eigenvalue weighted by atomic mass is 32.2. The van der Waals surface area contributed by atoms with Crippen molar-refractivity contribution in [1.82, 2.24) is 9.97 Å². The molecular weight excluding hydrogens is 316 g/mol. The van der Waals surface area contributed by atoms with Crippen molar-refractivity contribution in [3.05, 3.63) is 48.0 Å². The molecule has 0 unspecified atom stereocenters. The van der Waals surface area contributed by atoms with E-state index in [4.69, 9.17) is 9.15 Å². The van der Waals surface area contributed by atoms with Crippen LogP contribution in [0.3, 0.4) is 0 Å². The van der Waals surface area contributed by atoms with Gasteiger partial charge in [0.2, 0.25) is 11.8 Å². The number of fused-ring (bicyclic) bond motifs is 1. The zero-order chi connectivity index (χ0) is 16.4. The minimum atomic E-state index is -3.26. The minimum Gasteiger partial charge on any atom is -0.468 e. The van der Waals surface area contributed by atoms with E-state index in [9.17, 15) is 8.42 Å². The average Bonchev–Trinajstić information content (AvgIpc) is 2.96. The van der Waals surface area contributed by atoms with E-state index >= 15 is 0 Å². The maximum Gasteiger partial charge on any atom is 0.233 e. The molecule has 0 atom stereocenters. The van der Waals surface area contributed by atoms with Gasteiger partial charge in [-0.25, -0.2) is 18.4 Å². The summed E-state index contributed by atoms with van der Waals surface area (Å²) in [6.45, 7) is 3.68. The fourth-order valence-electron chi connectivity index (χ4n) is 2.05. The van der Waals surface area contributed by atoms with Crippen LogP contribution in [-0.2, 0) is 16.4 Å². The first-order valence-electron chi connectivity index (χ1n) is 7.15. The quantitative estimate of drug-likeness (QED) is 0.714. The molecule has 3 rings (SSSR count). The first-order valence-corrected chi connectivity index (χ1v) is 8.81. The number of rotatable bonds is 5. The van der Waals surface area contributed by atoms with Gasteiger partial charge >= 0.3 is 0 Å². The third kappa shape index (κ3) is 3.34. The van der Waals surface area contributed by atoms with Gasteiger partial charge in [-0.05, 0) is 30.7 Å². The molecule has 0 saturated carbocycles. The van der Waals surface area contributed by atoms with Gasteiger partial charge in [-0.1, -0.05) is 13.0 Å². The van der Waals surface area contributed by atoms with Crippen LogP contribution < -0.4 is 4.74 Å². The summed E-state index contributed by atoms with van der Waals surface area (Å²) in [5.74, 6) is 0.895. The van der Waals surface area contributed by atoms with E-state index in [0.29, 0.717) is 22.9 Å². The van der Waals surface area contributed by atoms with E-state index in [1.54, 1.807) is 25.3 Å². The lowest BCUT2D eigenvalue weighted by Crippen LogP contribution is -2.03. The zero-order valence-electron chi connectivity index (χ0n) is 12.8. The highest BCUT2D eigenvalue weighted by Crippen LogP contribution is 2.21. The second kappa shape index (κ2) is 6.00. The normalized spacial score (nSPS) is 11.7. The van der Waals surface area contributed by atoms with E-state index in [-0.39, 0.29) is 17.3 Å². The second-order valence-corrected chi connectivity index (χ2v) is 7.38. The SMILES string of the molecule is CCS(=O)(=O)c1ccc2oc(COc3ccc(C)cn3)nc2c1.